The van der Waals surface area contributed by atoms with Crippen LogP contribution in [0.25, 0.3) is 17.1 Å². The summed E-state index contributed by atoms with van der Waals surface area (Å²) in [5, 5.41) is 32.8. The van der Waals surface area contributed by atoms with E-state index in [-0.39, 0.29) is 17.4 Å². The Morgan fingerprint density at radius 2 is 1.94 bits per heavy atom. The van der Waals surface area contributed by atoms with Crippen molar-refractivity contribution in [3.8, 4) is 34.3 Å². The molecule has 35 heavy (non-hydrogen) atoms. The molecule has 9 nitrogen and oxygen atoms in total. The summed E-state index contributed by atoms with van der Waals surface area (Å²) in [5.74, 6) is 0.393. The summed E-state index contributed by atoms with van der Waals surface area (Å²) in [5.41, 5.74) is 5.89. The second kappa shape index (κ2) is 10.7. The van der Waals surface area contributed by atoms with E-state index >= 15 is 0 Å². The molecule has 178 valence electrons. The number of nitrogens with zero attached hydrogens (tertiary/aromatic N) is 3. The summed E-state index contributed by atoms with van der Waals surface area (Å²) >= 11 is 1.25. The number of hydrogen-bond acceptors (Lipinski definition) is 7. The molecule has 1 aromatic heterocycles. The minimum absolute atomic E-state index is 0.0659. The number of aryl methyl sites for hydroxylation is 1. The maximum atomic E-state index is 12.4. The van der Waals surface area contributed by atoms with Crippen LogP contribution in [0, 0.1) is 6.92 Å². The molecule has 4 aromatic rings. The number of nitrogens with one attached hydrogen (secondary N) is 2. The summed E-state index contributed by atoms with van der Waals surface area (Å²) in [6, 6.07) is 19.6. The van der Waals surface area contributed by atoms with Crippen LogP contribution in [0.15, 0.2) is 77.0 Å². The topological polar surface area (TPSA) is 127 Å². The van der Waals surface area contributed by atoms with Gasteiger partial charge in [0.15, 0.2) is 0 Å². The van der Waals surface area contributed by atoms with E-state index in [1.807, 2.05) is 60.0 Å². The molecule has 3 aromatic carbocycles. The van der Waals surface area contributed by atoms with E-state index < -0.39 is 5.75 Å². The van der Waals surface area contributed by atoms with Crippen molar-refractivity contribution in [3.05, 3.63) is 77.9 Å². The van der Waals surface area contributed by atoms with Crippen molar-refractivity contribution < 1.29 is 24.3 Å². The number of rotatable bonds is 8. The zero-order valence-electron chi connectivity index (χ0n) is 19.1. The van der Waals surface area contributed by atoms with E-state index in [1.54, 1.807) is 7.11 Å². The van der Waals surface area contributed by atoms with Crippen LogP contribution < -0.4 is 19.8 Å². The van der Waals surface area contributed by atoms with Gasteiger partial charge in [0.1, 0.15) is 17.2 Å². The van der Waals surface area contributed by atoms with Crippen LogP contribution in [-0.4, -0.2) is 40.3 Å². The Labute approximate surface area is 206 Å². The summed E-state index contributed by atoms with van der Waals surface area (Å²) < 4.78 is 7.22. The average Bonchev–Trinajstić information content (AvgIpc) is 3.29. The first-order valence-corrected chi connectivity index (χ1v) is 11.6. The Morgan fingerprint density at radius 3 is 2.63 bits per heavy atom. The number of aromatic hydroxyl groups is 1. The Morgan fingerprint density at radius 1 is 1.20 bits per heavy atom. The first-order valence-electron chi connectivity index (χ1n) is 10.6. The second-order valence-corrected chi connectivity index (χ2v) is 8.51. The quantitative estimate of drug-likeness (QED) is 0.151. The largest absolute Gasteiger partial charge is 0.870 e. The zero-order valence-corrected chi connectivity index (χ0v) is 19.9. The van der Waals surface area contributed by atoms with Gasteiger partial charge in [-0.15, -0.1) is 5.10 Å². The molecule has 0 bridgehead atoms. The standard InChI is InChI=1S/C25H23N5O4S/c1-16-3-6-18(7-4-16)24-28-29-25(30(24)19-8-10-20(34-2)11-9-19)35-15-23(33)27-26-14-17-5-12-21(31)22(32)13-17/h3-14H,15H2,1-2H3,(H3,26,27,31,32,33). The number of aromatic amines is 1. The number of phenolic OH excluding ortho intramolecular Hbond substituents is 1. The minimum Gasteiger partial charge on any atom is -0.870 e. The lowest BCUT2D eigenvalue weighted by atomic mass is 10.1. The zero-order chi connectivity index (χ0) is 24.8. The molecule has 10 heteroatoms. The van der Waals surface area contributed by atoms with Crippen LogP contribution in [-0.2, 0) is 4.79 Å². The highest BCUT2D eigenvalue weighted by atomic mass is 32.2. The number of aromatic nitrogens is 3. The molecule has 0 aliphatic carbocycles. The van der Waals surface area contributed by atoms with Gasteiger partial charge in [-0.3, -0.25) is 4.79 Å². The summed E-state index contributed by atoms with van der Waals surface area (Å²) in [7, 11) is 1.61. The monoisotopic (exact) mass is 489 g/mol. The van der Waals surface area contributed by atoms with Gasteiger partial charge in [-0.1, -0.05) is 35.6 Å². The van der Waals surface area contributed by atoms with Crippen LogP contribution in [0.1, 0.15) is 11.1 Å². The Bertz CT molecular complexity index is 1350. The van der Waals surface area contributed by atoms with Gasteiger partial charge in [-0.25, -0.2) is 5.43 Å². The van der Waals surface area contributed by atoms with Gasteiger partial charge in [-0.2, -0.15) is 9.67 Å². The highest BCUT2D eigenvalue weighted by Crippen LogP contribution is 2.23. The second-order valence-electron chi connectivity index (χ2n) is 7.56. The van der Waals surface area contributed by atoms with Crippen LogP contribution in [0.4, 0.5) is 0 Å². The number of phenols is 1. The highest BCUT2D eigenvalue weighted by Gasteiger charge is 2.24. The lowest BCUT2D eigenvalue weighted by Crippen LogP contribution is -2.34. The highest BCUT2D eigenvalue weighted by molar-refractivity contribution is 7.99. The first kappa shape index (κ1) is 23.8. The number of H-pyrrole nitrogens is 1. The number of carbonyl (C=O) groups excluding carboxylic acids is 1. The number of amides is 1. The Hall–Kier alpha value is -4.31. The Kier molecular flexibility index (Phi) is 7.32. The summed E-state index contributed by atoms with van der Waals surface area (Å²) in [6.07, 6.45) is 1.35. The molecule has 0 aliphatic heterocycles. The average molecular weight is 490 g/mol. The number of methoxy groups -OCH3 is 1. The number of hydrogen-bond donors (Lipinski definition) is 3. The van der Waals surface area contributed by atoms with Crippen molar-refractivity contribution in [2.75, 3.05) is 12.9 Å². The normalized spacial score (nSPS) is 11.0. The van der Waals surface area contributed by atoms with Crippen molar-refractivity contribution in [1.82, 2.24) is 15.6 Å². The van der Waals surface area contributed by atoms with Crippen molar-refractivity contribution in [2.45, 2.75) is 12.1 Å². The molecule has 1 heterocycles. The SMILES string of the molecule is COc1ccc(-[n+]2c(SCC(=O)N/N=C/c3ccc([O-])c(O)c3)n[nH]c2-c2ccc(C)cc2)cc1. The molecule has 4 rings (SSSR count). The van der Waals surface area contributed by atoms with Crippen LogP contribution in [0.5, 0.6) is 17.2 Å². The summed E-state index contributed by atoms with van der Waals surface area (Å²) in [6.45, 7) is 2.03. The molecule has 3 N–H and O–H groups in total. The van der Waals surface area contributed by atoms with Gasteiger partial charge in [0.25, 0.3) is 11.7 Å². The smallest absolute Gasteiger partial charge is 0.342 e. The molecule has 0 saturated carbocycles. The maximum absolute atomic E-state index is 12.4. The van der Waals surface area contributed by atoms with Crippen LogP contribution >= 0.6 is 11.8 Å². The van der Waals surface area contributed by atoms with E-state index in [4.69, 9.17) is 4.74 Å². The fraction of sp³-hybridized carbons (Fsp3) is 0.120. The van der Waals surface area contributed by atoms with Crippen LogP contribution in [0.3, 0.4) is 0 Å². The molecular weight excluding hydrogens is 466 g/mol. The molecule has 0 aliphatic rings. The lowest BCUT2D eigenvalue weighted by molar-refractivity contribution is -0.625. The molecule has 0 saturated heterocycles. The van der Waals surface area contributed by atoms with Gasteiger partial charge >= 0.3 is 5.16 Å². The molecular formula is C25H23N5O4S. The predicted octanol–water partition coefficient (Wildman–Crippen LogP) is 2.69. The molecule has 1 amide bonds. The summed E-state index contributed by atoms with van der Waals surface area (Å²) in [4.78, 5) is 12.4. The third-order valence-electron chi connectivity index (χ3n) is 5.05. The number of ether oxygens (including phenoxy) is 1. The predicted molar refractivity (Wildman–Crippen MR) is 131 cm³/mol. The van der Waals surface area contributed by atoms with Crippen molar-refractivity contribution >= 4 is 23.9 Å². The fourth-order valence-electron chi connectivity index (χ4n) is 3.23. The maximum Gasteiger partial charge on any atom is 0.342 e. The van der Waals surface area contributed by atoms with Gasteiger partial charge in [0.2, 0.25) is 0 Å². The van der Waals surface area contributed by atoms with Crippen LogP contribution in [0.2, 0.25) is 0 Å². The number of carbonyl (C=O) groups is 1. The van der Waals surface area contributed by atoms with Crippen molar-refractivity contribution in [1.29, 1.82) is 0 Å². The third-order valence-corrected chi connectivity index (χ3v) is 5.98. The number of thioether (sulfide) groups is 1. The molecule has 0 fully saturated rings. The van der Waals surface area contributed by atoms with E-state index in [9.17, 15) is 15.0 Å². The first-order chi connectivity index (χ1) is 16.9. The van der Waals surface area contributed by atoms with E-state index in [0.717, 1.165) is 28.4 Å². The number of hydrazone groups is 1. The number of benzene rings is 3. The third kappa shape index (κ3) is 5.79. The molecule has 0 radical (unpaired) electrons. The molecule has 0 atom stereocenters. The fourth-order valence-corrected chi connectivity index (χ4v) is 3.99. The minimum atomic E-state index is -0.475. The van der Waals surface area contributed by atoms with Gasteiger partial charge in [0, 0.05) is 0 Å². The van der Waals surface area contributed by atoms with E-state index in [0.29, 0.717) is 10.7 Å². The van der Waals surface area contributed by atoms with Crippen molar-refractivity contribution in [2.24, 2.45) is 5.10 Å². The molecule has 0 unspecified atom stereocenters. The van der Waals surface area contributed by atoms with Gasteiger partial charge in [0.05, 0.1) is 29.7 Å². The van der Waals surface area contributed by atoms with Crippen molar-refractivity contribution in [3.63, 3.8) is 0 Å². The van der Waals surface area contributed by atoms with Gasteiger partial charge in [-0.05, 0) is 66.7 Å². The lowest BCUT2D eigenvalue weighted by Gasteiger charge is -2.07. The Balaban J connectivity index is 1.51. The molecule has 0 spiro atoms. The van der Waals surface area contributed by atoms with E-state index in [2.05, 4.69) is 20.7 Å². The van der Waals surface area contributed by atoms with Gasteiger partial charge < -0.3 is 14.9 Å². The van der Waals surface area contributed by atoms with E-state index in [1.165, 1.54) is 36.2 Å².